The second-order valence-electron chi connectivity index (χ2n) is 7.16. The Kier molecular flexibility index (Phi) is 6.65. The number of oxime groups is 1. The summed E-state index contributed by atoms with van der Waals surface area (Å²) in [5, 5.41) is 4.05. The summed E-state index contributed by atoms with van der Waals surface area (Å²) in [6.07, 6.45) is -4.95. The number of pyridine rings is 2. The zero-order valence-electron chi connectivity index (χ0n) is 17.2. The fraction of sp³-hybridized carbons (Fsp3) is 0.136. The van der Waals surface area contributed by atoms with Gasteiger partial charge in [0.25, 0.3) is 0 Å². The van der Waals surface area contributed by atoms with Gasteiger partial charge in [-0.1, -0.05) is 46.6 Å². The molecule has 0 radical (unpaired) electrons. The number of hydrogen-bond donors (Lipinski definition) is 0. The number of halogens is 8. The van der Waals surface area contributed by atoms with Crippen LogP contribution in [0.15, 0.2) is 60.1 Å². The van der Waals surface area contributed by atoms with Crippen LogP contribution in [0.1, 0.15) is 22.4 Å². The van der Waals surface area contributed by atoms with Gasteiger partial charge in [-0.3, -0.25) is 9.55 Å². The van der Waals surface area contributed by atoms with Gasteiger partial charge in [0.05, 0.1) is 38.6 Å². The molecule has 1 aromatic carbocycles. The Morgan fingerprint density at radius 2 is 1.54 bits per heavy atom. The van der Waals surface area contributed by atoms with Gasteiger partial charge in [0.2, 0.25) is 0 Å². The smallest absolute Gasteiger partial charge is 0.389 e. The van der Waals surface area contributed by atoms with Crippen LogP contribution >= 0.6 is 23.2 Å². The molecule has 4 rings (SSSR count). The molecule has 4 aromatic rings. The Morgan fingerprint density at radius 1 is 0.914 bits per heavy atom. The average Bonchev–Trinajstić information content (AvgIpc) is 3.14. The number of hydrogen-bond acceptors (Lipinski definition) is 4. The Balaban J connectivity index is 1.58. The molecule has 0 spiro atoms. The Hall–Kier alpha value is -3.31. The summed E-state index contributed by atoms with van der Waals surface area (Å²) in [5.74, 6) is 0.0807. The van der Waals surface area contributed by atoms with Crippen LogP contribution in [-0.4, -0.2) is 20.7 Å². The largest absolute Gasteiger partial charge is 0.417 e. The molecule has 0 unspecified atom stereocenters. The van der Waals surface area contributed by atoms with Crippen LogP contribution in [0, 0.1) is 0 Å². The minimum Gasteiger partial charge on any atom is -0.389 e. The van der Waals surface area contributed by atoms with E-state index in [4.69, 9.17) is 28.0 Å². The zero-order chi connectivity index (χ0) is 25.4. The van der Waals surface area contributed by atoms with Crippen molar-refractivity contribution in [2.45, 2.75) is 19.0 Å². The maximum absolute atomic E-state index is 13.0. The zero-order valence-corrected chi connectivity index (χ0v) is 18.7. The van der Waals surface area contributed by atoms with Gasteiger partial charge in [0.15, 0.2) is 12.4 Å². The van der Waals surface area contributed by atoms with Crippen molar-refractivity contribution in [1.82, 2.24) is 14.5 Å². The van der Waals surface area contributed by atoms with Crippen molar-refractivity contribution in [2.75, 3.05) is 0 Å². The standard InChI is InChI=1S/C22H12Cl2F6N4O/c23-16-5-13(21(25,26)27)8-31-18(16)11-35-33-7-12-10-34(19-4-2-1-3-15(12)19)20-17(24)6-14(9-32-20)22(28,29)30/h1-10H,11H2/b33-7+. The number of alkyl halides is 6. The monoisotopic (exact) mass is 532 g/mol. The third-order valence-corrected chi connectivity index (χ3v) is 5.44. The van der Waals surface area contributed by atoms with E-state index in [0.717, 1.165) is 12.1 Å². The first-order valence-corrected chi connectivity index (χ1v) is 10.4. The molecule has 0 aliphatic rings. The molecular weight excluding hydrogens is 521 g/mol. The summed E-state index contributed by atoms with van der Waals surface area (Å²) in [6.45, 7) is -0.293. The normalized spacial score (nSPS) is 12.6. The van der Waals surface area contributed by atoms with Gasteiger partial charge in [-0.15, -0.1) is 0 Å². The Labute approximate surface area is 203 Å². The van der Waals surface area contributed by atoms with Crippen molar-refractivity contribution < 1.29 is 31.2 Å². The lowest BCUT2D eigenvalue weighted by Gasteiger charge is -2.10. The van der Waals surface area contributed by atoms with E-state index in [9.17, 15) is 26.3 Å². The predicted octanol–water partition coefficient (Wildman–Crippen LogP) is 7.32. The van der Waals surface area contributed by atoms with Crippen LogP contribution < -0.4 is 0 Å². The summed E-state index contributed by atoms with van der Waals surface area (Å²) in [5.41, 5.74) is -0.799. The highest BCUT2D eigenvalue weighted by Crippen LogP contribution is 2.34. The SMILES string of the molecule is FC(F)(F)c1cnc(CO/N=C/c2cn(-c3ncc(C(F)(F)F)cc3Cl)c3ccccc23)c(Cl)c1. The molecule has 0 aliphatic heterocycles. The molecule has 0 saturated carbocycles. The second kappa shape index (κ2) is 9.38. The highest BCUT2D eigenvalue weighted by molar-refractivity contribution is 6.32. The minimum absolute atomic E-state index is 0.0555. The van der Waals surface area contributed by atoms with Gasteiger partial charge >= 0.3 is 12.4 Å². The third kappa shape index (κ3) is 5.35. The number of benzene rings is 1. The topological polar surface area (TPSA) is 52.3 Å². The average molecular weight is 533 g/mol. The van der Waals surface area contributed by atoms with E-state index >= 15 is 0 Å². The summed E-state index contributed by atoms with van der Waals surface area (Å²) >= 11 is 11.9. The molecule has 0 N–H and O–H groups in total. The lowest BCUT2D eigenvalue weighted by atomic mass is 10.2. The molecule has 0 aliphatic carbocycles. The molecule has 0 saturated heterocycles. The van der Waals surface area contributed by atoms with Crippen LogP contribution in [0.4, 0.5) is 26.3 Å². The molecule has 0 fully saturated rings. The van der Waals surface area contributed by atoms with Gasteiger partial charge < -0.3 is 4.84 Å². The number of fused-ring (bicyclic) bond motifs is 1. The van der Waals surface area contributed by atoms with Crippen LogP contribution in [-0.2, 0) is 23.8 Å². The van der Waals surface area contributed by atoms with E-state index in [1.54, 1.807) is 30.5 Å². The summed E-state index contributed by atoms with van der Waals surface area (Å²) in [6, 6.07) is 8.47. The van der Waals surface area contributed by atoms with Crippen LogP contribution in [0.3, 0.4) is 0 Å². The van der Waals surface area contributed by atoms with Crippen molar-refractivity contribution in [1.29, 1.82) is 0 Å². The van der Waals surface area contributed by atoms with E-state index in [0.29, 0.717) is 28.9 Å². The Morgan fingerprint density at radius 3 is 2.17 bits per heavy atom. The van der Waals surface area contributed by atoms with Gasteiger partial charge in [-0.2, -0.15) is 26.3 Å². The number of para-hydroxylation sites is 1. The number of rotatable bonds is 5. The van der Waals surface area contributed by atoms with Crippen LogP contribution in [0.5, 0.6) is 0 Å². The fourth-order valence-corrected chi connectivity index (χ4v) is 3.65. The van der Waals surface area contributed by atoms with E-state index < -0.39 is 23.5 Å². The molecule has 0 bridgehead atoms. The molecule has 13 heteroatoms. The van der Waals surface area contributed by atoms with E-state index in [1.165, 1.54) is 10.8 Å². The van der Waals surface area contributed by atoms with E-state index in [-0.39, 0.29) is 28.2 Å². The molecule has 182 valence electrons. The highest BCUT2D eigenvalue weighted by atomic mass is 35.5. The number of nitrogens with zero attached hydrogens (tertiary/aromatic N) is 4. The van der Waals surface area contributed by atoms with Crippen molar-refractivity contribution >= 4 is 40.3 Å². The maximum atomic E-state index is 13.0. The summed E-state index contributed by atoms with van der Waals surface area (Å²) < 4.78 is 78.5. The Bertz CT molecular complexity index is 1420. The van der Waals surface area contributed by atoms with Gasteiger partial charge in [-0.25, -0.2) is 4.98 Å². The lowest BCUT2D eigenvalue weighted by molar-refractivity contribution is -0.138. The lowest BCUT2D eigenvalue weighted by Crippen LogP contribution is -2.07. The van der Waals surface area contributed by atoms with Crippen LogP contribution in [0.25, 0.3) is 16.7 Å². The maximum Gasteiger partial charge on any atom is 0.417 e. The van der Waals surface area contributed by atoms with Crippen molar-refractivity contribution in [2.24, 2.45) is 5.16 Å². The van der Waals surface area contributed by atoms with E-state index in [1.807, 2.05) is 0 Å². The third-order valence-electron chi connectivity index (χ3n) is 4.83. The van der Waals surface area contributed by atoms with Crippen molar-refractivity contribution in [3.05, 3.63) is 87.4 Å². The molecule has 5 nitrogen and oxygen atoms in total. The van der Waals surface area contributed by atoms with Crippen molar-refractivity contribution in [3.8, 4) is 5.82 Å². The molecular formula is C22H12Cl2F6N4O. The van der Waals surface area contributed by atoms with Crippen molar-refractivity contribution in [3.63, 3.8) is 0 Å². The van der Waals surface area contributed by atoms with Crippen LogP contribution in [0.2, 0.25) is 10.0 Å². The quantitative estimate of drug-likeness (QED) is 0.154. The first-order chi connectivity index (χ1) is 16.4. The molecule has 0 atom stereocenters. The molecule has 3 heterocycles. The summed E-state index contributed by atoms with van der Waals surface area (Å²) in [7, 11) is 0. The molecule has 3 aromatic heterocycles. The van der Waals surface area contributed by atoms with Gasteiger partial charge in [-0.05, 0) is 18.2 Å². The van der Waals surface area contributed by atoms with Gasteiger partial charge in [0.1, 0.15) is 0 Å². The minimum atomic E-state index is -4.59. The number of aromatic nitrogens is 3. The van der Waals surface area contributed by atoms with Gasteiger partial charge in [0, 0.05) is 29.5 Å². The predicted molar refractivity (Wildman–Crippen MR) is 118 cm³/mol. The highest BCUT2D eigenvalue weighted by Gasteiger charge is 2.32. The molecule has 35 heavy (non-hydrogen) atoms. The molecule has 0 amide bonds. The first-order valence-electron chi connectivity index (χ1n) is 9.65. The van der Waals surface area contributed by atoms with E-state index in [2.05, 4.69) is 15.1 Å². The first kappa shape index (κ1) is 24.8. The fourth-order valence-electron chi connectivity index (χ4n) is 3.17. The second-order valence-corrected chi connectivity index (χ2v) is 7.97. The summed E-state index contributed by atoms with van der Waals surface area (Å²) in [4.78, 5) is 12.7.